The Morgan fingerprint density at radius 1 is 1.26 bits per heavy atom. The summed E-state index contributed by atoms with van der Waals surface area (Å²) in [7, 11) is -1.19. The Bertz CT molecular complexity index is 645. The number of nitrogens with zero attached hydrogens (tertiary/aromatic N) is 2. The second-order valence-electron chi connectivity index (χ2n) is 4.24. The van der Waals surface area contributed by atoms with Gasteiger partial charge in [-0.05, 0) is 24.3 Å². The third-order valence-corrected chi connectivity index (χ3v) is 4.72. The molecular formula is C13H17N3O2S. The predicted molar refractivity (Wildman–Crippen MR) is 74.7 cm³/mol. The normalized spacial score (nSPS) is 11.5. The van der Waals surface area contributed by atoms with Crippen LogP contribution in [0.1, 0.15) is 12.7 Å². The molecule has 0 fully saturated rings. The van der Waals surface area contributed by atoms with E-state index in [1.807, 2.05) is 17.8 Å². The van der Waals surface area contributed by atoms with Crippen molar-refractivity contribution < 1.29 is 8.42 Å². The van der Waals surface area contributed by atoms with Crippen molar-refractivity contribution in [2.75, 3.05) is 11.1 Å². The first kappa shape index (κ1) is 13.6. The largest absolute Gasteiger partial charge is 0.378 e. The number of aromatic nitrogens is 2. The summed E-state index contributed by atoms with van der Waals surface area (Å²) in [6.07, 6.45) is 3.63. The summed E-state index contributed by atoms with van der Waals surface area (Å²) in [6, 6.07) is 6.79. The second kappa shape index (κ2) is 5.44. The fourth-order valence-electron chi connectivity index (χ4n) is 1.69. The smallest absolute Gasteiger partial charge is 0.178 e. The molecule has 0 saturated heterocycles. The molecule has 0 atom stereocenters. The van der Waals surface area contributed by atoms with E-state index >= 15 is 0 Å². The summed E-state index contributed by atoms with van der Waals surface area (Å²) < 4.78 is 25.3. The third kappa shape index (κ3) is 3.14. The van der Waals surface area contributed by atoms with E-state index in [0.717, 1.165) is 11.5 Å². The Morgan fingerprint density at radius 3 is 2.47 bits per heavy atom. The SMILES string of the molecule is CCS(=O)(=O)c1ccc(NCc2nccn2C)cc1. The molecule has 0 unspecified atom stereocenters. The minimum atomic E-state index is -3.12. The molecule has 1 heterocycles. The average molecular weight is 279 g/mol. The van der Waals surface area contributed by atoms with Crippen LogP contribution in [0.15, 0.2) is 41.6 Å². The van der Waals surface area contributed by atoms with Crippen molar-refractivity contribution in [3.05, 3.63) is 42.5 Å². The summed E-state index contributed by atoms with van der Waals surface area (Å²) in [5.41, 5.74) is 0.873. The van der Waals surface area contributed by atoms with Gasteiger partial charge in [-0.25, -0.2) is 13.4 Å². The lowest BCUT2D eigenvalue weighted by molar-refractivity contribution is 0.597. The number of hydrogen-bond donors (Lipinski definition) is 1. The minimum Gasteiger partial charge on any atom is -0.378 e. The van der Waals surface area contributed by atoms with Crippen LogP contribution in [0.5, 0.6) is 0 Å². The van der Waals surface area contributed by atoms with Gasteiger partial charge in [0, 0.05) is 25.1 Å². The van der Waals surface area contributed by atoms with Gasteiger partial charge >= 0.3 is 0 Å². The highest BCUT2D eigenvalue weighted by molar-refractivity contribution is 7.91. The second-order valence-corrected chi connectivity index (χ2v) is 6.51. The van der Waals surface area contributed by atoms with Crippen molar-refractivity contribution in [1.29, 1.82) is 0 Å². The highest BCUT2D eigenvalue weighted by Crippen LogP contribution is 2.15. The van der Waals surface area contributed by atoms with E-state index < -0.39 is 9.84 Å². The van der Waals surface area contributed by atoms with Crippen molar-refractivity contribution >= 4 is 15.5 Å². The molecule has 2 aromatic rings. The molecular weight excluding hydrogens is 262 g/mol. The third-order valence-electron chi connectivity index (χ3n) is 2.97. The molecule has 0 saturated carbocycles. The van der Waals surface area contributed by atoms with Gasteiger partial charge in [0.25, 0.3) is 0 Å². The molecule has 1 aromatic carbocycles. The number of hydrogen-bond acceptors (Lipinski definition) is 4. The Morgan fingerprint density at radius 2 is 1.95 bits per heavy atom. The number of aryl methyl sites for hydroxylation is 1. The van der Waals surface area contributed by atoms with E-state index in [9.17, 15) is 8.42 Å². The Hall–Kier alpha value is -1.82. The van der Waals surface area contributed by atoms with E-state index in [1.165, 1.54) is 0 Å². The summed E-state index contributed by atoms with van der Waals surface area (Å²) >= 11 is 0. The number of anilines is 1. The molecule has 6 heteroatoms. The lowest BCUT2D eigenvalue weighted by atomic mass is 10.3. The van der Waals surface area contributed by atoms with Crippen LogP contribution in [-0.2, 0) is 23.4 Å². The summed E-state index contributed by atoms with van der Waals surface area (Å²) in [6.45, 7) is 2.24. The maximum Gasteiger partial charge on any atom is 0.178 e. The quantitative estimate of drug-likeness (QED) is 0.907. The number of rotatable bonds is 5. The first-order chi connectivity index (χ1) is 9.03. The average Bonchev–Trinajstić information content (AvgIpc) is 2.82. The summed E-state index contributed by atoms with van der Waals surface area (Å²) in [4.78, 5) is 4.56. The van der Waals surface area contributed by atoms with Crippen LogP contribution in [0.2, 0.25) is 0 Å². The van der Waals surface area contributed by atoms with Gasteiger partial charge in [-0.2, -0.15) is 0 Å². The maximum absolute atomic E-state index is 11.7. The van der Waals surface area contributed by atoms with Crippen LogP contribution in [0.4, 0.5) is 5.69 Å². The number of nitrogens with one attached hydrogen (secondary N) is 1. The lowest BCUT2D eigenvalue weighted by Crippen LogP contribution is -2.06. The van der Waals surface area contributed by atoms with Gasteiger partial charge in [0.05, 0.1) is 17.2 Å². The van der Waals surface area contributed by atoms with Crippen LogP contribution >= 0.6 is 0 Å². The Labute approximate surface area is 113 Å². The van der Waals surface area contributed by atoms with E-state index in [4.69, 9.17) is 0 Å². The molecule has 102 valence electrons. The molecule has 0 amide bonds. The fourth-order valence-corrected chi connectivity index (χ4v) is 2.58. The molecule has 1 N–H and O–H groups in total. The van der Waals surface area contributed by atoms with Crippen molar-refractivity contribution in [2.45, 2.75) is 18.4 Å². The Balaban J connectivity index is 2.06. The van der Waals surface area contributed by atoms with Crippen LogP contribution < -0.4 is 5.32 Å². The first-order valence-electron chi connectivity index (χ1n) is 6.06. The topological polar surface area (TPSA) is 64.0 Å². The first-order valence-corrected chi connectivity index (χ1v) is 7.71. The van der Waals surface area contributed by atoms with Crippen molar-refractivity contribution in [1.82, 2.24) is 9.55 Å². The van der Waals surface area contributed by atoms with Gasteiger partial charge in [-0.15, -0.1) is 0 Å². The zero-order valence-electron chi connectivity index (χ0n) is 11.0. The number of sulfone groups is 1. The monoisotopic (exact) mass is 279 g/mol. The number of benzene rings is 1. The van der Waals surface area contributed by atoms with Crippen molar-refractivity contribution in [3.63, 3.8) is 0 Å². The van der Waals surface area contributed by atoms with E-state index in [0.29, 0.717) is 11.4 Å². The Kier molecular flexibility index (Phi) is 3.90. The van der Waals surface area contributed by atoms with Crippen LogP contribution in [-0.4, -0.2) is 23.7 Å². The molecule has 0 spiro atoms. The van der Waals surface area contributed by atoms with Gasteiger partial charge in [-0.3, -0.25) is 0 Å². The molecule has 0 aliphatic carbocycles. The van der Waals surface area contributed by atoms with Crippen LogP contribution in [0.25, 0.3) is 0 Å². The van der Waals surface area contributed by atoms with Gasteiger partial charge in [0.15, 0.2) is 9.84 Å². The molecule has 0 aliphatic rings. The molecule has 0 aliphatic heterocycles. The summed E-state index contributed by atoms with van der Waals surface area (Å²) in [5.74, 6) is 1.04. The minimum absolute atomic E-state index is 0.118. The number of imidazole rings is 1. The summed E-state index contributed by atoms with van der Waals surface area (Å²) in [5, 5.41) is 3.21. The molecule has 0 radical (unpaired) electrons. The highest BCUT2D eigenvalue weighted by atomic mass is 32.2. The highest BCUT2D eigenvalue weighted by Gasteiger charge is 2.10. The standard InChI is InChI=1S/C13H17N3O2S/c1-3-19(17,18)12-6-4-11(5-7-12)15-10-13-14-8-9-16(13)2/h4-9,15H,3,10H2,1-2H3. The van der Waals surface area contributed by atoms with Crippen molar-refractivity contribution in [3.8, 4) is 0 Å². The van der Waals surface area contributed by atoms with E-state index in [1.54, 1.807) is 37.4 Å². The lowest BCUT2D eigenvalue weighted by Gasteiger charge is -2.07. The van der Waals surface area contributed by atoms with Gasteiger partial charge in [0.2, 0.25) is 0 Å². The maximum atomic E-state index is 11.7. The molecule has 2 rings (SSSR count). The molecule has 1 aromatic heterocycles. The zero-order valence-corrected chi connectivity index (χ0v) is 11.8. The predicted octanol–water partition coefficient (Wildman–Crippen LogP) is 1.83. The van der Waals surface area contributed by atoms with Gasteiger partial charge in [-0.1, -0.05) is 6.92 Å². The van der Waals surface area contributed by atoms with Crippen molar-refractivity contribution in [2.24, 2.45) is 7.05 Å². The van der Waals surface area contributed by atoms with E-state index in [2.05, 4.69) is 10.3 Å². The van der Waals surface area contributed by atoms with Crippen LogP contribution in [0, 0.1) is 0 Å². The zero-order chi connectivity index (χ0) is 13.9. The fraction of sp³-hybridized carbons (Fsp3) is 0.308. The molecule has 5 nitrogen and oxygen atoms in total. The van der Waals surface area contributed by atoms with Gasteiger partial charge in [0.1, 0.15) is 5.82 Å². The van der Waals surface area contributed by atoms with Gasteiger partial charge < -0.3 is 9.88 Å². The van der Waals surface area contributed by atoms with E-state index in [-0.39, 0.29) is 5.75 Å². The molecule has 19 heavy (non-hydrogen) atoms. The van der Waals surface area contributed by atoms with Crippen LogP contribution in [0.3, 0.4) is 0 Å². The molecule has 0 bridgehead atoms.